The summed E-state index contributed by atoms with van der Waals surface area (Å²) >= 11 is 0. The molecule has 1 N–H and O–H groups in total. The van der Waals surface area contributed by atoms with Crippen LogP contribution in [0.4, 0.5) is 0 Å². The van der Waals surface area contributed by atoms with Crippen LogP contribution in [-0.2, 0) is 24.7 Å². The molecule has 1 atom stereocenters. The van der Waals surface area contributed by atoms with Crippen LogP contribution in [0.3, 0.4) is 0 Å². The van der Waals surface area contributed by atoms with Crippen LogP contribution < -0.4 is 0 Å². The smallest absolute Gasteiger partial charge is 0.361 e. The van der Waals surface area contributed by atoms with Crippen molar-refractivity contribution in [2.45, 2.75) is 44.3 Å². The number of nitrogens with zero attached hydrogens (tertiary/aromatic N) is 1. The van der Waals surface area contributed by atoms with E-state index in [2.05, 4.69) is 6.92 Å². The molecular weight excluding hydrogens is 418 g/mol. The third-order valence-electron chi connectivity index (χ3n) is 7.20. The van der Waals surface area contributed by atoms with Gasteiger partial charge in [0.15, 0.2) is 12.6 Å². The number of carbonyl (C=O) groups is 2. The van der Waals surface area contributed by atoms with Crippen LogP contribution >= 0.6 is 0 Å². The van der Waals surface area contributed by atoms with Crippen molar-refractivity contribution in [3.05, 3.63) is 71.8 Å². The molecule has 3 saturated heterocycles. The molecule has 2 aromatic rings. The van der Waals surface area contributed by atoms with E-state index in [4.69, 9.17) is 9.47 Å². The van der Waals surface area contributed by atoms with Crippen molar-refractivity contribution >= 4 is 11.9 Å². The van der Waals surface area contributed by atoms with Gasteiger partial charge in [0.25, 0.3) is 0 Å². The molecule has 0 radical (unpaired) electrons. The highest BCUT2D eigenvalue weighted by molar-refractivity contribution is 5.85. The minimum atomic E-state index is -1.89. The van der Waals surface area contributed by atoms with Gasteiger partial charge in [-0.2, -0.15) is 0 Å². The lowest BCUT2D eigenvalue weighted by Gasteiger charge is -2.51. The maximum Gasteiger partial charge on any atom is 0.361 e. The Morgan fingerprint density at radius 2 is 1.58 bits per heavy atom. The predicted octanol–water partition coefficient (Wildman–Crippen LogP) is 3.42. The van der Waals surface area contributed by atoms with E-state index in [1.807, 2.05) is 12.1 Å². The zero-order chi connectivity index (χ0) is 23.3. The van der Waals surface area contributed by atoms with Crippen molar-refractivity contribution in [2.24, 2.45) is 5.92 Å². The van der Waals surface area contributed by atoms with Gasteiger partial charge >= 0.3 is 11.9 Å². The average Bonchev–Trinajstić information content (AvgIpc) is 2.85. The maximum atomic E-state index is 13.5. The first-order valence-corrected chi connectivity index (χ1v) is 12.0. The molecule has 2 aromatic carbocycles. The minimum absolute atomic E-state index is 0.182. The molecule has 0 amide bonds. The zero-order valence-electron chi connectivity index (χ0n) is 19.3. The Bertz CT molecular complexity index is 898. The Morgan fingerprint density at radius 1 is 1.00 bits per heavy atom. The molecule has 0 spiro atoms. The number of fused-ring (bicyclic) bond motifs is 3. The fourth-order valence-corrected chi connectivity index (χ4v) is 5.21. The second-order valence-electron chi connectivity index (χ2n) is 9.43. The molecule has 5 rings (SSSR count). The summed E-state index contributed by atoms with van der Waals surface area (Å²) in [6.07, 6.45) is 3.32. The highest BCUT2D eigenvalue weighted by Crippen LogP contribution is 2.38. The monoisotopic (exact) mass is 452 g/mol. The van der Waals surface area contributed by atoms with Crippen LogP contribution in [0.15, 0.2) is 60.7 Å². The van der Waals surface area contributed by atoms with E-state index in [1.165, 1.54) is 0 Å². The van der Waals surface area contributed by atoms with Gasteiger partial charge in [-0.15, -0.1) is 0 Å². The molecule has 0 saturated carbocycles. The van der Waals surface area contributed by atoms with E-state index in [9.17, 15) is 14.7 Å². The highest BCUT2D eigenvalue weighted by atomic mass is 16.6. The molecule has 0 aliphatic carbocycles. The molecule has 0 aromatic heterocycles. The van der Waals surface area contributed by atoms with Crippen LogP contribution in [0.25, 0.3) is 0 Å². The topological polar surface area (TPSA) is 72.8 Å². The van der Waals surface area contributed by atoms with E-state index in [0.29, 0.717) is 35.3 Å². The summed E-state index contributed by atoms with van der Waals surface area (Å²) in [5, 5.41) is 11.7. The summed E-state index contributed by atoms with van der Waals surface area (Å²) in [7, 11) is 0. The van der Waals surface area contributed by atoms with Crippen molar-refractivity contribution in [2.75, 3.05) is 32.8 Å². The lowest BCUT2D eigenvalue weighted by molar-refractivity contribution is -0.939. The summed E-state index contributed by atoms with van der Waals surface area (Å²) in [4.78, 5) is 26.0. The molecule has 33 heavy (non-hydrogen) atoms. The van der Waals surface area contributed by atoms with Crippen LogP contribution in [0.5, 0.6) is 0 Å². The van der Waals surface area contributed by atoms with Gasteiger partial charge in [-0.3, -0.25) is 0 Å². The molecule has 176 valence electrons. The van der Waals surface area contributed by atoms with E-state index < -0.39 is 11.6 Å². The van der Waals surface area contributed by atoms with E-state index in [0.717, 1.165) is 38.8 Å². The Hall–Kier alpha value is -2.70. The Kier molecular flexibility index (Phi) is 7.15. The zero-order valence-corrected chi connectivity index (χ0v) is 19.3. The third kappa shape index (κ3) is 4.97. The predicted molar refractivity (Wildman–Crippen MR) is 124 cm³/mol. The first-order valence-electron chi connectivity index (χ1n) is 12.0. The lowest BCUT2D eigenvalue weighted by Crippen LogP contribution is -2.66. The van der Waals surface area contributed by atoms with E-state index in [1.54, 1.807) is 48.5 Å². The number of aliphatic hydroxyl groups is 1. The van der Waals surface area contributed by atoms with Crippen LogP contribution in [0.2, 0.25) is 0 Å². The van der Waals surface area contributed by atoms with Crippen molar-refractivity contribution < 1.29 is 28.7 Å². The number of esters is 2. The van der Waals surface area contributed by atoms with Crippen molar-refractivity contribution in [1.82, 2.24) is 0 Å². The summed E-state index contributed by atoms with van der Waals surface area (Å²) in [5.41, 5.74) is -0.935. The van der Waals surface area contributed by atoms with Crippen LogP contribution in [0, 0.1) is 5.92 Å². The van der Waals surface area contributed by atoms with Crippen LogP contribution in [-0.4, -0.2) is 60.4 Å². The van der Waals surface area contributed by atoms with E-state index in [-0.39, 0.29) is 18.0 Å². The summed E-state index contributed by atoms with van der Waals surface area (Å²) in [6, 6.07) is 17.9. The summed E-state index contributed by atoms with van der Waals surface area (Å²) in [5.74, 6) is -0.595. The number of piperidine rings is 3. The number of rotatable bonds is 9. The Balaban J connectivity index is 1.51. The molecule has 6 nitrogen and oxygen atoms in total. The number of ether oxygens (including phenoxy) is 2. The first kappa shape index (κ1) is 23.5. The minimum Gasteiger partial charge on any atom is -0.462 e. The number of hydrogen-bond donors (Lipinski definition) is 1. The van der Waals surface area contributed by atoms with Gasteiger partial charge < -0.3 is 19.1 Å². The van der Waals surface area contributed by atoms with Gasteiger partial charge in [-0.1, -0.05) is 74.0 Å². The molecule has 2 bridgehead atoms. The van der Waals surface area contributed by atoms with Crippen LogP contribution in [0.1, 0.15) is 43.7 Å². The lowest BCUT2D eigenvalue weighted by atomic mass is 9.82. The standard InChI is InChI=1S/C27H34NO5/c1-2-3-18-32-25(29)20-28-16-14-21(15-17-28)24(19-28)33-26(30)27(31,22-10-6-4-7-11-22)23-12-8-5-9-13-23/h4-13,21,24,31H,2-3,14-20H2,1H3/q+1. The summed E-state index contributed by atoms with van der Waals surface area (Å²) in [6.45, 7) is 5.20. The summed E-state index contributed by atoms with van der Waals surface area (Å²) < 4.78 is 12.1. The molecule has 3 aliphatic rings. The Morgan fingerprint density at radius 3 is 2.12 bits per heavy atom. The molecule has 6 heteroatoms. The van der Waals surface area contributed by atoms with Crippen molar-refractivity contribution in [3.8, 4) is 0 Å². The fourth-order valence-electron chi connectivity index (χ4n) is 5.21. The van der Waals surface area contributed by atoms with Gasteiger partial charge in [0.1, 0.15) is 6.54 Å². The van der Waals surface area contributed by atoms with Gasteiger partial charge in [0, 0.05) is 18.8 Å². The number of benzene rings is 2. The molecular formula is C27H34NO5+. The second kappa shape index (κ2) is 10.1. The number of carbonyl (C=O) groups excluding carboxylic acids is 2. The average molecular weight is 453 g/mol. The largest absolute Gasteiger partial charge is 0.462 e. The van der Waals surface area contributed by atoms with Crippen molar-refractivity contribution in [3.63, 3.8) is 0 Å². The second-order valence-corrected chi connectivity index (χ2v) is 9.43. The molecule has 3 heterocycles. The number of quaternary nitrogens is 1. The number of unbranched alkanes of at least 4 members (excludes halogenated alkanes) is 1. The van der Waals surface area contributed by atoms with Gasteiger partial charge in [-0.25, -0.2) is 9.59 Å². The van der Waals surface area contributed by atoms with E-state index >= 15 is 0 Å². The molecule has 3 aliphatic heterocycles. The third-order valence-corrected chi connectivity index (χ3v) is 7.20. The van der Waals surface area contributed by atoms with Gasteiger partial charge in [0.2, 0.25) is 5.60 Å². The van der Waals surface area contributed by atoms with Crippen molar-refractivity contribution in [1.29, 1.82) is 0 Å². The Labute approximate surface area is 195 Å². The fraction of sp³-hybridized carbons (Fsp3) is 0.481. The normalized spacial score (nSPS) is 24.3. The van der Waals surface area contributed by atoms with Gasteiger partial charge in [0.05, 0.1) is 19.7 Å². The first-order chi connectivity index (χ1) is 16.0. The van der Waals surface area contributed by atoms with Gasteiger partial charge in [-0.05, 0) is 17.5 Å². The number of hydrogen-bond acceptors (Lipinski definition) is 5. The maximum absolute atomic E-state index is 13.5. The molecule has 1 unspecified atom stereocenters. The highest BCUT2D eigenvalue weighted by Gasteiger charge is 2.51. The quantitative estimate of drug-likeness (QED) is 0.359. The molecule has 3 fully saturated rings. The SMILES string of the molecule is CCCCOC(=O)C[N+]12CCC(CC1)C(OC(=O)C(O)(c1ccccc1)c1ccccc1)C2.